The summed E-state index contributed by atoms with van der Waals surface area (Å²) in [5, 5.41) is 0.661. The lowest BCUT2D eigenvalue weighted by atomic mass is 9.96. The molecular formula is C21H22ClNO3. The van der Waals surface area contributed by atoms with Gasteiger partial charge < -0.3 is 14.4 Å². The maximum Gasteiger partial charge on any atom is 0.247 e. The van der Waals surface area contributed by atoms with Crippen molar-refractivity contribution in [1.82, 2.24) is 4.90 Å². The van der Waals surface area contributed by atoms with Gasteiger partial charge in [0.25, 0.3) is 0 Å². The van der Waals surface area contributed by atoms with Crippen LogP contribution in [0.15, 0.2) is 48.5 Å². The Balaban J connectivity index is 2.02. The van der Waals surface area contributed by atoms with Crippen molar-refractivity contribution in [2.75, 3.05) is 33.4 Å². The molecule has 0 atom stereocenters. The monoisotopic (exact) mass is 371 g/mol. The lowest BCUT2D eigenvalue weighted by molar-refractivity contribution is -0.129. The third-order valence-corrected chi connectivity index (χ3v) is 4.72. The number of carbonyl (C=O) groups excluding carboxylic acids is 1. The number of benzene rings is 2. The molecule has 0 radical (unpaired) electrons. The first-order chi connectivity index (χ1) is 12.6. The van der Waals surface area contributed by atoms with Crippen molar-refractivity contribution in [3.8, 4) is 5.75 Å². The number of methoxy groups -OCH3 is 1. The van der Waals surface area contributed by atoms with Gasteiger partial charge in [0.15, 0.2) is 0 Å². The standard InChI is InChI=1S/C21H22ClNO3/c1-15-3-4-17(13-20(15)25-2)19(16-5-7-18(22)8-6-16)14-21(24)23-9-11-26-12-10-23/h3-8,13-14H,9-12H2,1-2H3/b19-14+. The van der Waals surface area contributed by atoms with Gasteiger partial charge in [-0.2, -0.15) is 0 Å². The quantitative estimate of drug-likeness (QED) is 0.764. The van der Waals surface area contributed by atoms with Crippen LogP contribution >= 0.6 is 11.6 Å². The van der Waals surface area contributed by atoms with Crippen LogP contribution in [0.4, 0.5) is 0 Å². The fourth-order valence-corrected chi connectivity index (χ4v) is 3.07. The molecule has 0 aromatic heterocycles. The minimum absolute atomic E-state index is 0.0159. The summed E-state index contributed by atoms with van der Waals surface area (Å²) in [4.78, 5) is 14.6. The molecule has 0 bridgehead atoms. The van der Waals surface area contributed by atoms with Gasteiger partial charge in [0.2, 0.25) is 5.91 Å². The van der Waals surface area contributed by atoms with Crippen molar-refractivity contribution in [2.24, 2.45) is 0 Å². The highest BCUT2D eigenvalue weighted by Crippen LogP contribution is 2.29. The summed E-state index contributed by atoms with van der Waals surface area (Å²) in [5.74, 6) is 0.777. The van der Waals surface area contributed by atoms with Crippen molar-refractivity contribution < 1.29 is 14.3 Å². The van der Waals surface area contributed by atoms with Gasteiger partial charge in [-0.25, -0.2) is 0 Å². The molecule has 0 saturated carbocycles. The average molecular weight is 372 g/mol. The smallest absolute Gasteiger partial charge is 0.247 e. The Morgan fingerprint density at radius 3 is 2.42 bits per heavy atom. The predicted octanol–water partition coefficient (Wildman–Crippen LogP) is 3.95. The number of rotatable bonds is 4. The zero-order valence-electron chi connectivity index (χ0n) is 15.0. The van der Waals surface area contributed by atoms with E-state index in [9.17, 15) is 4.79 Å². The van der Waals surface area contributed by atoms with Crippen molar-refractivity contribution in [1.29, 1.82) is 0 Å². The van der Waals surface area contributed by atoms with Gasteiger partial charge in [-0.1, -0.05) is 35.9 Å². The van der Waals surface area contributed by atoms with Crippen LogP contribution in [0.1, 0.15) is 16.7 Å². The topological polar surface area (TPSA) is 38.8 Å². The van der Waals surface area contributed by atoms with Crippen LogP contribution in [0.5, 0.6) is 5.75 Å². The van der Waals surface area contributed by atoms with E-state index in [0.29, 0.717) is 31.3 Å². The zero-order chi connectivity index (χ0) is 18.5. The summed E-state index contributed by atoms with van der Waals surface area (Å²) in [6.07, 6.45) is 1.69. The Bertz CT molecular complexity index is 809. The van der Waals surface area contributed by atoms with Crippen molar-refractivity contribution in [2.45, 2.75) is 6.92 Å². The number of morpholine rings is 1. The fraction of sp³-hybridized carbons (Fsp3) is 0.286. The largest absolute Gasteiger partial charge is 0.496 e. The van der Waals surface area contributed by atoms with Gasteiger partial charge in [0, 0.05) is 24.2 Å². The second kappa shape index (κ2) is 8.39. The molecule has 1 saturated heterocycles. The Morgan fingerprint density at radius 1 is 1.12 bits per heavy atom. The van der Waals surface area contributed by atoms with Gasteiger partial charge in [-0.3, -0.25) is 4.79 Å². The first-order valence-corrected chi connectivity index (χ1v) is 8.95. The first-order valence-electron chi connectivity index (χ1n) is 8.58. The number of aryl methyl sites for hydroxylation is 1. The van der Waals surface area contributed by atoms with Crippen LogP contribution in [-0.4, -0.2) is 44.2 Å². The Morgan fingerprint density at radius 2 is 1.77 bits per heavy atom. The molecule has 136 valence electrons. The maximum absolute atomic E-state index is 12.8. The molecule has 4 nitrogen and oxygen atoms in total. The van der Waals surface area contributed by atoms with Crippen LogP contribution in [-0.2, 0) is 9.53 Å². The summed E-state index contributed by atoms with van der Waals surface area (Å²) in [7, 11) is 1.65. The molecule has 5 heteroatoms. The maximum atomic E-state index is 12.8. The number of amides is 1. The Kier molecular flexibility index (Phi) is 5.96. The van der Waals surface area contributed by atoms with E-state index < -0.39 is 0 Å². The molecule has 1 heterocycles. The molecule has 0 N–H and O–H groups in total. The molecule has 0 spiro atoms. The zero-order valence-corrected chi connectivity index (χ0v) is 15.8. The Hall–Kier alpha value is -2.30. The lowest BCUT2D eigenvalue weighted by Crippen LogP contribution is -2.39. The van der Waals surface area contributed by atoms with E-state index in [2.05, 4.69) is 0 Å². The number of nitrogens with zero attached hydrogens (tertiary/aromatic N) is 1. The van der Waals surface area contributed by atoms with Crippen LogP contribution in [0.2, 0.25) is 5.02 Å². The molecule has 1 aliphatic rings. The molecule has 1 aliphatic heterocycles. The molecule has 0 aliphatic carbocycles. The number of carbonyl (C=O) groups is 1. The third-order valence-electron chi connectivity index (χ3n) is 4.46. The fourth-order valence-electron chi connectivity index (χ4n) is 2.95. The second-order valence-corrected chi connectivity index (χ2v) is 6.62. The average Bonchev–Trinajstić information content (AvgIpc) is 2.68. The predicted molar refractivity (Wildman–Crippen MR) is 104 cm³/mol. The number of hydrogen-bond acceptors (Lipinski definition) is 3. The van der Waals surface area contributed by atoms with Crippen molar-refractivity contribution in [3.05, 3.63) is 70.3 Å². The van der Waals surface area contributed by atoms with E-state index in [-0.39, 0.29) is 5.91 Å². The number of ether oxygens (including phenoxy) is 2. The normalized spacial score (nSPS) is 15.0. The SMILES string of the molecule is COc1cc(/C(=C/C(=O)N2CCOCC2)c2ccc(Cl)cc2)ccc1C. The molecule has 2 aromatic rings. The summed E-state index contributed by atoms with van der Waals surface area (Å²) in [6, 6.07) is 13.5. The first kappa shape index (κ1) is 18.5. The van der Waals surface area contributed by atoms with Crippen LogP contribution in [0.3, 0.4) is 0 Å². The molecule has 26 heavy (non-hydrogen) atoms. The van der Waals surface area contributed by atoms with Gasteiger partial charge >= 0.3 is 0 Å². The van der Waals surface area contributed by atoms with Crippen LogP contribution in [0.25, 0.3) is 5.57 Å². The highest BCUT2D eigenvalue weighted by atomic mass is 35.5. The lowest BCUT2D eigenvalue weighted by Gasteiger charge is -2.26. The van der Waals surface area contributed by atoms with Crippen LogP contribution in [0, 0.1) is 6.92 Å². The van der Waals surface area contributed by atoms with E-state index >= 15 is 0 Å². The molecule has 1 fully saturated rings. The van der Waals surface area contributed by atoms with E-state index in [4.69, 9.17) is 21.1 Å². The van der Waals surface area contributed by atoms with Crippen molar-refractivity contribution in [3.63, 3.8) is 0 Å². The summed E-state index contributed by atoms with van der Waals surface area (Å²) >= 11 is 6.03. The molecule has 1 amide bonds. The van der Waals surface area contributed by atoms with Crippen LogP contribution < -0.4 is 4.74 Å². The van der Waals surface area contributed by atoms with E-state index in [1.807, 2.05) is 54.3 Å². The second-order valence-electron chi connectivity index (χ2n) is 6.19. The summed E-state index contributed by atoms with van der Waals surface area (Å²) in [6.45, 7) is 4.37. The molecule has 2 aromatic carbocycles. The van der Waals surface area contributed by atoms with Gasteiger partial charge in [-0.15, -0.1) is 0 Å². The molecular weight excluding hydrogens is 350 g/mol. The summed E-state index contributed by atoms with van der Waals surface area (Å²) < 4.78 is 10.8. The van der Waals surface area contributed by atoms with E-state index in [0.717, 1.165) is 28.0 Å². The van der Waals surface area contributed by atoms with E-state index in [1.165, 1.54) is 0 Å². The molecule has 3 rings (SSSR count). The number of halogens is 1. The molecule has 0 unspecified atom stereocenters. The van der Waals surface area contributed by atoms with Crippen molar-refractivity contribution >= 4 is 23.1 Å². The minimum Gasteiger partial charge on any atom is -0.496 e. The third kappa shape index (κ3) is 4.26. The van der Waals surface area contributed by atoms with Gasteiger partial charge in [-0.05, 0) is 47.4 Å². The Labute approximate surface area is 159 Å². The number of hydrogen-bond donors (Lipinski definition) is 0. The van der Waals surface area contributed by atoms with Gasteiger partial charge in [0.05, 0.1) is 20.3 Å². The minimum atomic E-state index is -0.0159. The van der Waals surface area contributed by atoms with E-state index in [1.54, 1.807) is 13.2 Å². The van der Waals surface area contributed by atoms with Gasteiger partial charge in [0.1, 0.15) is 5.75 Å². The highest BCUT2D eigenvalue weighted by Gasteiger charge is 2.17. The highest BCUT2D eigenvalue weighted by molar-refractivity contribution is 6.30. The summed E-state index contributed by atoms with van der Waals surface area (Å²) in [5.41, 5.74) is 3.75.